The van der Waals surface area contributed by atoms with Gasteiger partial charge >= 0.3 is 5.97 Å². The van der Waals surface area contributed by atoms with Crippen LogP contribution in [0.25, 0.3) is 0 Å². The van der Waals surface area contributed by atoms with E-state index >= 15 is 0 Å². The summed E-state index contributed by atoms with van der Waals surface area (Å²) >= 11 is 0. The number of esters is 1. The van der Waals surface area contributed by atoms with E-state index in [0.29, 0.717) is 18.6 Å². The molecule has 4 heteroatoms. The van der Waals surface area contributed by atoms with Crippen molar-refractivity contribution in [2.45, 2.75) is 56.9 Å². The Morgan fingerprint density at radius 3 is 2.21 bits per heavy atom. The van der Waals surface area contributed by atoms with E-state index in [1.807, 2.05) is 0 Å². The van der Waals surface area contributed by atoms with Crippen molar-refractivity contribution in [3.63, 3.8) is 0 Å². The Morgan fingerprint density at radius 1 is 1.05 bits per heavy atom. The van der Waals surface area contributed by atoms with Gasteiger partial charge in [0.25, 0.3) is 0 Å². The predicted molar refractivity (Wildman–Crippen MR) is 74.0 cm³/mol. The first-order valence-electron chi connectivity index (χ1n) is 7.49. The first-order valence-corrected chi connectivity index (χ1v) is 7.49. The molecular weight excluding hydrogens is 242 g/mol. The molecule has 0 bridgehead atoms. The van der Waals surface area contributed by atoms with E-state index in [1.165, 1.54) is 32.8 Å². The number of carbonyl (C=O) groups excluding carboxylic acids is 1. The molecule has 0 atom stereocenters. The van der Waals surface area contributed by atoms with Gasteiger partial charge in [0, 0.05) is 13.7 Å². The van der Waals surface area contributed by atoms with Crippen molar-refractivity contribution in [1.29, 1.82) is 0 Å². The molecule has 0 radical (unpaired) electrons. The Hall–Kier alpha value is -0.610. The smallest absolute Gasteiger partial charge is 0.326 e. The highest BCUT2D eigenvalue weighted by Crippen LogP contribution is 2.51. The molecule has 1 spiro atoms. The van der Waals surface area contributed by atoms with Gasteiger partial charge in [-0.1, -0.05) is 12.8 Å². The number of hydrogen-bond acceptors (Lipinski definition) is 4. The van der Waals surface area contributed by atoms with Gasteiger partial charge < -0.3 is 9.47 Å². The summed E-state index contributed by atoms with van der Waals surface area (Å²) in [4.78, 5) is 12.2. The van der Waals surface area contributed by atoms with Gasteiger partial charge in [-0.15, -0.1) is 0 Å². The largest absolute Gasteiger partial charge is 0.468 e. The minimum Gasteiger partial charge on any atom is -0.468 e. The Bertz CT molecular complexity index is 301. The fourth-order valence-corrected chi connectivity index (χ4v) is 3.87. The molecule has 2 aliphatic rings. The average Bonchev–Trinajstić information content (AvgIpc) is 2.89. The summed E-state index contributed by atoms with van der Waals surface area (Å²) in [5.41, 5.74) is 0.0571. The molecule has 0 aliphatic heterocycles. The molecular formula is C15H27NO3. The second-order valence-corrected chi connectivity index (χ2v) is 6.20. The Morgan fingerprint density at radius 2 is 1.68 bits per heavy atom. The molecule has 2 fully saturated rings. The van der Waals surface area contributed by atoms with Crippen LogP contribution in [0.3, 0.4) is 0 Å². The molecule has 0 amide bonds. The van der Waals surface area contributed by atoms with Gasteiger partial charge in [0.15, 0.2) is 0 Å². The summed E-state index contributed by atoms with van der Waals surface area (Å²) in [6.07, 6.45) is 9.55. The third-order valence-corrected chi connectivity index (χ3v) is 5.17. The first kappa shape index (κ1) is 14.8. The van der Waals surface area contributed by atoms with E-state index < -0.39 is 5.54 Å². The zero-order chi connectivity index (χ0) is 13.8. The van der Waals surface area contributed by atoms with Crippen molar-refractivity contribution < 1.29 is 14.3 Å². The van der Waals surface area contributed by atoms with Gasteiger partial charge in [-0.25, -0.2) is 0 Å². The maximum Gasteiger partial charge on any atom is 0.326 e. The van der Waals surface area contributed by atoms with Crippen molar-refractivity contribution >= 4 is 5.97 Å². The highest BCUT2D eigenvalue weighted by Gasteiger charge is 2.48. The van der Waals surface area contributed by atoms with Crippen LogP contribution < -0.4 is 5.32 Å². The molecule has 19 heavy (non-hydrogen) atoms. The van der Waals surface area contributed by atoms with E-state index in [1.54, 1.807) is 7.11 Å². The standard InChI is InChI=1S/C15H27NO3/c1-18-12-11-16-15(13(17)19-2)9-7-14(8-10-15)5-3-4-6-14/h16H,3-12H2,1-2H3. The molecule has 0 aromatic heterocycles. The molecule has 2 saturated carbocycles. The Balaban J connectivity index is 1.98. The lowest BCUT2D eigenvalue weighted by Gasteiger charge is -2.43. The lowest BCUT2D eigenvalue weighted by molar-refractivity contribution is -0.151. The minimum absolute atomic E-state index is 0.101. The van der Waals surface area contributed by atoms with Gasteiger partial charge in [0.05, 0.1) is 13.7 Å². The van der Waals surface area contributed by atoms with E-state index in [9.17, 15) is 4.79 Å². The second kappa shape index (κ2) is 6.23. The molecule has 0 unspecified atom stereocenters. The molecule has 110 valence electrons. The van der Waals surface area contributed by atoms with E-state index in [2.05, 4.69) is 5.32 Å². The van der Waals surface area contributed by atoms with Gasteiger partial charge in [-0.05, 0) is 43.9 Å². The molecule has 2 aliphatic carbocycles. The third kappa shape index (κ3) is 3.11. The minimum atomic E-state index is -0.471. The zero-order valence-electron chi connectivity index (χ0n) is 12.3. The Labute approximate surface area is 116 Å². The first-order chi connectivity index (χ1) is 9.16. The van der Waals surface area contributed by atoms with Crippen LogP contribution in [-0.4, -0.2) is 38.9 Å². The third-order valence-electron chi connectivity index (χ3n) is 5.17. The quantitative estimate of drug-likeness (QED) is 0.614. The maximum atomic E-state index is 12.2. The number of carbonyl (C=O) groups is 1. The summed E-state index contributed by atoms with van der Waals surface area (Å²) in [5, 5.41) is 3.39. The molecule has 4 nitrogen and oxygen atoms in total. The lowest BCUT2D eigenvalue weighted by atomic mass is 9.66. The molecule has 0 aromatic rings. The Kier molecular flexibility index (Phi) is 4.85. The summed E-state index contributed by atoms with van der Waals surface area (Å²) in [6.45, 7) is 1.34. The van der Waals surface area contributed by atoms with Gasteiger partial charge in [0.2, 0.25) is 0 Å². The maximum absolute atomic E-state index is 12.2. The number of rotatable bonds is 5. The highest BCUT2D eigenvalue weighted by molar-refractivity contribution is 5.81. The van der Waals surface area contributed by atoms with Gasteiger partial charge in [0.1, 0.15) is 5.54 Å². The van der Waals surface area contributed by atoms with Crippen LogP contribution in [0.5, 0.6) is 0 Å². The van der Waals surface area contributed by atoms with Crippen LogP contribution in [-0.2, 0) is 14.3 Å². The van der Waals surface area contributed by atoms with E-state index in [-0.39, 0.29) is 5.97 Å². The molecule has 2 rings (SSSR count). The van der Waals surface area contributed by atoms with E-state index in [0.717, 1.165) is 25.7 Å². The topological polar surface area (TPSA) is 47.6 Å². The van der Waals surface area contributed by atoms with Crippen LogP contribution >= 0.6 is 0 Å². The zero-order valence-corrected chi connectivity index (χ0v) is 12.3. The highest BCUT2D eigenvalue weighted by atomic mass is 16.5. The molecule has 0 aromatic carbocycles. The SMILES string of the molecule is COCCNC1(C(=O)OC)CCC2(CCCC2)CC1. The van der Waals surface area contributed by atoms with Gasteiger partial charge in [-0.3, -0.25) is 10.1 Å². The van der Waals surface area contributed by atoms with Crippen LogP contribution in [0, 0.1) is 5.41 Å². The average molecular weight is 269 g/mol. The second-order valence-electron chi connectivity index (χ2n) is 6.20. The van der Waals surface area contributed by atoms with Crippen LogP contribution in [0.2, 0.25) is 0 Å². The fraction of sp³-hybridized carbons (Fsp3) is 0.933. The van der Waals surface area contributed by atoms with Crippen molar-refractivity contribution in [1.82, 2.24) is 5.32 Å². The molecule has 0 heterocycles. The van der Waals surface area contributed by atoms with Crippen LogP contribution in [0.1, 0.15) is 51.4 Å². The fourth-order valence-electron chi connectivity index (χ4n) is 3.87. The van der Waals surface area contributed by atoms with Crippen molar-refractivity contribution in [3.8, 4) is 0 Å². The predicted octanol–water partition coefficient (Wildman–Crippen LogP) is 2.27. The van der Waals surface area contributed by atoms with Gasteiger partial charge in [-0.2, -0.15) is 0 Å². The number of methoxy groups -OCH3 is 2. The van der Waals surface area contributed by atoms with Crippen molar-refractivity contribution in [2.75, 3.05) is 27.4 Å². The monoisotopic (exact) mass is 269 g/mol. The normalized spacial score (nSPS) is 24.5. The van der Waals surface area contributed by atoms with Crippen molar-refractivity contribution in [2.24, 2.45) is 5.41 Å². The number of nitrogens with one attached hydrogen (secondary N) is 1. The molecule has 1 N–H and O–H groups in total. The molecule has 0 saturated heterocycles. The van der Waals surface area contributed by atoms with Crippen molar-refractivity contribution in [3.05, 3.63) is 0 Å². The van der Waals surface area contributed by atoms with E-state index in [4.69, 9.17) is 9.47 Å². The lowest BCUT2D eigenvalue weighted by Crippen LogP contribution is -2.56. The summed E-state index contributed by atoms with van der Waals surface area (Å²) in [5.74, 6) is -0.101. The summed E-state index contributed by atoms with van der Waals surface area (Å²) in [6, 6.07) is 0. The van der Waals surface area contributed by atoms with Crippen LogP contribution in [0.4, 0.5) is 0 Å². The number of ether oxygens (including phenoxy) is 2. The number of hydrogen-bond donors (Lipinski definition) is 1. The van der Waals surface area contributed by atoms with Crippen LogP contribution in [0.15, 0.2) is 0 Å². The summed E-state index contributed by atoms with van der Waals surface area (Å²) in [7, 11) is 3.17. The summed E-state index contributed by atoms with van der Waals surface area (Å²) < 4.78 is 10.1.